The van der Waals surface area contributed by atoms with E-state index in [2.05, 4.69) is 9.97 Å². The van der Waals surface area contributed by atoms with Gasteiger partial charge in [-0.25, -0.2) is 9.97 Å². The molecule has 0 saturated carbocycles. The number of halogens is 3. The minimum atomic E-state index is -4.42. The molecule has 0 bridgehead atoms. The normalized spacial score (nSPS) is 27.6. The Balaban J connectivity index is 1.81. The molecule has 18 heavy (non-hydrogen) atoms. The highest BCUT2D eigenvalue weighted by molar-refractivity contribution is 5.41. The first kappa shape index (κ1) is 11.7. The van der Waals surface area contributed by atoms with Crippen LogP contribution in [0, 0.1) is 11.8 Å². The highest BCUT2D eigenvalue weighted by Gasteiger charge is 2.39. The zero-order chi connectivity index (χ0) is 12.8. The van der Waals surface area contributed by atoms with E-state index in [1.807, 2.05) is 4.90 Å². The van der Waals surface area contributed by atoms with Crippen LogP contribution >= 0.6 is 0 Å². The maximum atomic E-state index is 12.6. The second kappa shape index (κ2) is 4.08. The third kappa shape index (κ3) is 2.03. The van der Waals surface area contributed by atoms with E-state index in [4.69, 9.17) is 4.74 Å². The number of nitrogens with zero attached hydrogens (tertiary/aromatic N) is 3. The minimum Gasteiger partial charge on any atom is -0.381 e. The first-order valence-electron chi connectivity index (χ1n) is 5.76. The van der Waals surface area contributed by atoms with Gasteiger partial charge >= 0.3 is 6.18 Å². The van der Waals surface area contributed by atoms with Gasteiger partial charge in [-0.05, 0) is 0 Å². The molecule has 0 N–H and O–H groups in total. The molecule has 1 aromatic rings. The average molecular weight is 259 g/mol. The van der Waals surface area contributed by atoms with Gasteiger partial charge < -0.3 is 9.64 Å². The molecule has 7 heteroatoms. The zero-order valence-corrected chi connectivity index (χ0v) is 9.52. The lowest BCUT2D eigenvalue weighted by Crippen LogP contribution is -2.24. The molecule has 2 atom stereocenters. The van der Waals surface area contributed by atoms with Crippen LogP contribution in [0.5, 0.6) is 0 Å². The van der Waals surface area contributed by atoms with E-state index >= 15 is 0 Å². The zero-order valence-electron chi connectivity index (χ0n) is 9.52. The van der Waals surface area contributed by atoms with Gasteiger partial charge in [-0.15, -0.1) is 0 Å². The van der Waals surface area contributed by atoms with Crippen molar-refractivity contribution >= 4 is 5.82 Å². The molecule has 2 unspecified atom stereocenters. The summed E-state index contributed by atoms with van der Waals surface area (Å²) in [7, 11) is 0. The van der Waals surface area contributed by atoms with Crippen LogP contribution in [0.15, 0.2) is 12.4 Å². The summed E-state index contributed by atoms with van der Waals surface area (Å²) in [6.07, 6.45) is -3.45. The third-order valence-electron chi connectivity index (χ3n) is 3.51. The molecule has 4 nitrogen and oxygen atoms in total. The standard InChI is InChI=1S/C11H12F3N3O/c12-11(13,14)9-1-10(16-6-15-9)17-2-7-4-18-5-8(7)3-17/h1,6-8H,2-5H2. The maximum Gasteiger partial charge on any atom is 0.433 e. The predicted octanol–water partition coefficient (Wildman–Crippen LogP) is 1.58. The Bertz CT molecular complexity index is 439. The van der Waals surface area contributed by atoms with Crippen molar-refractivity contribution in [3.05, 3.63) is 18.1 Å². The smallest absolute Gasteiger partial charge is 0.381 e. The van der Waals surface area contributed by atoms with Gasteiger partial charge in [0, 0.05) is 31.0 Å². The lowest BCUT2D eigenvalue weighted by atomic mass is 10.0. The van der Waals surface area contributed by atoms with Crippen molar-refractivity contribution in [3.63, 3.8) is 0 Å². The second-order valence-electron chi connectivity index (χ2n) is 4.72. The number of anilines is 1. The van der Waals surface area contributed by atoms with E-state index in [0.29, 0.717) is 44.0 Å². The van der Waals surface area contributed by atoms with E-state index < -0.39 is 11.9 Å². The van der Waals surface area contributed by atoms with Crippen LogP contribution in [-0.2, 0) is 10.9 Å². The molecule has 3 heterocycles. The van der Waals surface area contributed by atoms with E-state index in [1.165, 1.54) is 0 Å². The molecule has 2 aliphatic rings. The first-order valence-corrected chi connectivity index (χ1v) is 5.76. The predicted molar refractivity (Wildman–Crippen MR) is 57.0 cm³/mol. The van der Waals surface area contributed by atoms with Crippen molar-refractivity contribution in [2.24, 2.45) is 11.8 Å². The van der Waals surface area contributed by atoms with Crippen LogP contribution in [0.4, 0.5) is 19.0 Å². The SMILES string of the molecule is FC(F)(F)c1cc(N2CC3COCC3C2)ncn1. The summed E-state index contributed by atoms with van der Waals surface area (Å²) >= 11 is 0. The van der Waals surface area contributed by atoms with Crippen molar-refractivity contribution in [3.8, 4) is 0 Å². The van der Waals surface area contributed by atoms with E-state index in [9.17, 15) is 13.2 Å². The van der Waals surface area contributed by atoms with E-state index in [0.717, 1.165) is 12.4 Å². The molecule has 0 radical (unpaired) electrons. The summed E-state index contributed by atoms with van der Waals surface area (Å²) in [5.74, 6) is 1.18. The van der Waals surface area contributed by atoms with Gasteiger partial charge in [0.15, 0.2) is 0 Å². The van der Waals surface area contributed by atoms with Gasteiger partial charge in [0.2, 0.25) is 0 Å². The molecule has 3 rings (SSSR count). The molecule has 2 saturated heterocycles. The van der Waals surface area contributed by atoms with Crippen molar-refractivity contribution in [2.45, 2.75) is 6.18 Å². The molecule has 0 aliphatic carbocycles. The fraction of sp³-hybridized carbons (Fsp3) is 0.636. The van der Waals surface area contributed by atoms with Gasteiger partial charge in [-0.3, -0.25) is 0 Å². The van der Waals surface area contributed by atoms with Crippen molar-refractivity contribution in [1.29, 1.82) is 0 Å². The fourth-order valence-corrected chi connectivity index (χ4v) is 2.55. The maximum absolute atomic E-state index is 12.6. The van der Waals surface area contributed by atoms with Gasteiger partial charge in [-0.1, -0.05) is 0 Å². The summed E-state index contributed by atoms with van der Waals surface area (Å²) in [5.41, 5.74) is -0.888. The molecule has 98 valence electrons. The molecule has 2 fully saturated rings. The lowest BCUT2D eigenvalue weighted by Gasteiger charge is -2.19. The average Bonchev–Trinajstić information content (AvgIpc) is 2.88. The van der Waals surface area contributed by atoms with Crippen LogP contribution in [0.3, 0.4) is 0 Å². The van der Waals surface area contributed by atoms with Crippen LogP contribution < -0.4 is 4.90 Å². The summed E-state index contributed by atoms with van der Waals surface area (Å²) in [5, 5.41) is 0. The molecular weight excluding hydrogens is 247 g/mol. The number of rotatable bonds is 1. The Morgan fingerprint density at radius 1 is 1.17 bits per heavy atom. The topological polar surface area (TPSA) is 38.2 Å². The number of hydrogen-bond donors (Lipinski definition) is 0. The Hall–Kier alpha value is -1.37. The van der Waals surface area contributed by atoms with Gasteiger partial charge in [-0.2, -0.15) is 13.2 Å². The van der Waals surface area contributed by atoms with Crippen molar-refractivity contribution < 1.29 is 17.9 Å². The summed E-state index contributed by atoms with van der Waals surface area (Å²) in [6.45, 7) is 2.80. The minimum absolute atomic E-state index is 0.353. The molecular formula is C11H12F3N3O. The number of hydrogen-bond acceptors (Lipinski definition) is 4. The van der Waals surface area contributed by atoms with Gasteiger partial charge in [0.25, 0.3) is 0 Å². The van der Waals surface area contributed by atoms with Crippen molar-refractivity contribution in [1.82, 2.24) is 9.97 Å². The number of alkyl halides is 3. The summed E-state index contributed by atoms with van der Waals surface area (Å²) < 4.78 is 43.0. The molecule has 0 aromatic carbocycles. The quantitative estimate of drug-likeness (QED) is 0.767. The fourth-order valence-electron chi connectivity index (χ4n) is 2.55. The summed E-state index contributed by atoms with van der Waals surface area (Å²) in [4.78, 5) is 9.09. The Morgan fingerprint density at radius 3 is 2.44 bits per heavy atom. The Labute approximate surface area is 102 Å². The number of fused-ring (bicyclic) bond motifs is 1. The molecule has 0 spiro atoms. The van der Waals surface area contributed by atoms with Gasteiger partial charge in [0.1, 0.15) is 17.8 Å². The van der Waals surface area contributed by atoms with E-state index in [-0.39, 0.29) is 0 Å². The number of aromatic nitrogens is 2. The second-order valence-corrected chi connectivity index (χ2v) is 4.72. The Morgan fingerprint density at radius 2 is 1.83 bits per heavy atom. The van der Waals surface area contributed by atoms with Crippen LogP contribution in [0.1, 0.15) is 5.69 Å². The molecule has 0 amide bonds. The first-order chi connectivity index (χ1) is 8.54. The van der Waals surface area contributed by atoms with Crippen molar-refractivity contribution in [2.75, 3.05) is 31.2 Å². The number of ether oxygens (including phenoxy) is 1. The molecule has 1 aromatic heterocycles. The van der Waals surface area contributed by atoms with Crippen LogP contribution in [0.2, 0.25) is 0 Å². The van der Waals surface area contributed by atoms with Crippen LogP contribution in [0.25, 0.3) is 0 Å². The lowest BCUT2D eigenvalue weighted by molar-refractivity contribution is -0.141. The summed E-state index contributed by atoms with van der Waals surface area (Å²) in [6, 6.07) is 1.02. The van der Waals surface area contributed by atoms with E-state index in [1.54, 1.807) is 0 Å². The largest absolute Gasteiger partial charge is 0.433 e. The third-order valence-corrected chi connectivity index (χ3v) is 3.51. The van der Waals surface area contributed by atoms with Crippen LogP contribution in [-0.4, -0.2) is 36.3 Å². The highest BCUT2D eigenvalue weighted by Crippen LogP contribution is 2.33. The monoisotopic (exact) mass is 259 g/mol. The van der Waals surface area contributed by atoms with Gasteiger partial charge in [0.05, 0.1) is 13.2 Å². The Kier molecular flexibility index (Phi) is 2.65. The molecule has 2 aliphatic heterocycles. The highest BCUT2D eigenvalue weighted by atomic mass is 19.4.